The van der Waals surface area contributed by atoms with Gasteiger partial charge in [-0.25, -0.2) is 8.78 Å². The molecule has 0 saturated heterocycles. The third kappa shape index (κ3) is 3.11. The number of carbonyl (C=O) groups excluding carboxylic acids is 1. The summed E-state index contributed by atoms with van der Waals surface area (Å²) in [6.07, 6.45) is 0.984. The van der Waals surface area contributed by atoms with Gasteiger partial charge in [-0.15, -0.1) is 0 Å². The molecule has 1 rings (SSSR count). The van der Waals surface area contributed by atoms with Crippen molar-refractivity contribution in [2.24, 2.45) is 5.92 Å². The molecule has 0 fully saturated rings. The van der Waals surface area contributed by atoms with Crippen molar-refractivity contribution in [3.63, 3.8) is 0 Å². The van der Waals surface area contributed by atoms with Gasteiger partial charge >= 0.3 is 0 Å². The first-order chi connectivity index (χ1) is 7.45. The van der Waals surface area contributed by atoms with E-state index in [0.29, 0.717) is 4.47 Å². The number of benzene rings is 1. The first kappa shape index (κ1) is 13.3. The molecule has 0 N–H and O–H groups in total. The van der Waals surface area contributed by atoms with E-state index >= 15 is 0 Å². The molecule has 4 heteroatoms. The third-order valence-electron chi connectivity index (χ3n) is 2.52. The molecule has 0 radical (unpaired) electrons. The smallest absolute Gasteiger partial charge is 0.169 e. The van der Waals surface area contributed by atoms with Crippen LogP contribution in [0, 0.1) is 17.6 Å². The van der Waals surface area contributed by atoms with Crippen LogP contribution < -0.4 is 0 Å². The number of rotatable bonds is 4. The molecule has 1 nitrogen and oxygen atoms in total. The van der Waals surface area contributed by atoms with E-state index in [4.69, 9.17) is 0 Å². The molecule has 0 bridgehead atoms. The quantitative estimate of drug-likeness (QED) is 0.754. The average Bonchev–Trinajstić information content (AvgIpc) is 2.15. The number of ketones is 1. The van der Waals surface area contributed by atoms with Gasteiger partial charge in [0.25, 0.3) is 0 Å². The Kier molecular flexibility index (Phi) is 4.59. The maximum Gasteiger partial charge on any atom is 0.169 e. The van der Waals surface area contributed by atoms with Crippen molar-refractivity contribution < 1.29 is 13.6 Å². The van der Waals surface area contributed by atoms with Gasteiger partial charge in [0.1, 0.15) is 11.6 Å². The van der Waals surface area contributed by atoms with Crippen LogP contribution in [-0.4, -0.2) is 5.78 Å². The second-order valence-corrected chi connectivity index (χ2v) is 4.80. The summed E-state index contributed by atoms with van der Waals surface area (Å²) in [4.78, 5) is 11.7. The van der Waals surface area contributed by atoms with Gasteiger partial charge in [0.2, 0.25) is 0 Å². The maximum atomic E-state index is 13.4. The summed E-state index contributed by atoms with van der Waals surface area (Å²) >= 11 is 2.97. The van der Waals surface area contributed by atoms with Gasteiger partial charge in [0.15, 0.2) is 5.78 Å². The molecule has 1 aromatic rings. The molecule has 0 aromatic heterocycles. The minimum atomic E-state index is -0.805. The lowest BCUT2D eigenvalue weighted by atomic mass is 9.97. The fourth-order valence-corrected chi connectivity index (χ4v) is 1.77. The zero-order valence-electron chi connectivity index (χ0n) is 9.19. The maximum absolute atomic E-state index is 13.4. The first-order valence-corrected chi connectivity index (χ1v) is 5.92. The van der Waals surface area contributed by atoms with E-state index in [1.807, 2.05) is 13.8 Å². The highest BCUT2D eigenvalue weighted by Gasteiger charge is 2.19. The number of halogens is 3. The van der Waals surface area contributed by atoms with Crippen LogP contribution in [0.4, 0.5) is 8.78 Å². The summed E-state index contributed by atoms with van der Waals surface area (Å²) in [6, 6.07) is 2.21. The van der Waals surface area contributed by atoms with Gasteiger partial charge in [-0.05, 0) is 18.1 Å². The molecule has 16 heavy (non-hydrogen) atoms. The second-order valence-electron chi connectivity index (χ2n) is 3.89. The molecule has 88 valence electrons. The molecular formula is C12H13BrF2O. The van der Waals surface area contributed by atoms with Gasteiger partial charge in [-0.3, -0.25) is 4.79 Å². The molecule has 0 amide bonds. The normalized spacial score (nSPS) is 12.6. The summed E-state index contributed by atoms with van der Waals surface area (Å²) in [6.45, 7) is 3.82. The topological polar surface area (TPSA) is 17.1 Å². The SMILES string of the molecule is CCC(C)CC(=O)c1c(F)cc(Br)cc1F. The molecule has 1 aromatic carbocycles. The van der Waals surface area contributed by atoms with Crippen molar-refractivity contribution in [1.82, 2.24) is 0 Å². The summed E-state index contributed by atoms with van der Waals surface area (Å²) in [5.41, 5.74) is -0.427. The van der Waals surface area contributed by atoms with Crippen LogP contribution in [0.15, 0.2) is 16.6 Å². The van der Waals surface area contributed by atoms with Crippen LogP contribution in [-0.2, 0) is 0 Å². The molecule has 0 spiro atoms. The number of Topliss-reactive ketones (excluding diaryl/α,β-unsaturated/α-hetero) is 1. The summed E-state index contributed by atoms with van der Waals surface area (Å²) in [7, 11) is 0. The van der Waals surface area contributed by atoms with Gasteiger partial charge in [-0.1, -0.05) is 36.2 Å². The average molecular weight is 291 g/mol. The summed E-state index contributed by atoms with van der Waals surface area (Å²) < 4.78 is 27.1. The number of carbonyl (C=O) groups is 1. The van der Waals surface area contributed by atoms with Crippen molar-refractivity contribution in [2.75, 3.05) is 0 Å². The van der Waals surface area contributed by atoms with E-state index in [9.17, 15) is 13.6 Å². The Balaban J connectivity index is 3.00. The highest BCUT2D eigenvalue weighted by atomic mass is 79.9. The minimum absolute atomic E-state index is 0.134. The second kappa shape index (κ2) is 5.53. The van der Waals surface area contributed by atoms with Crippen molar-refractivity contribution in [3.8, 4) is 0 Å². The van der Waals surface area contributed by atoms with Crippen LogP contribution >= 0.6 is 15.9 Å². The Bertz CT molecular complexity index is 381. The van der Waals surface area contributed by atoms with Gasteiger partial charge in [0.05, 0.1) is 5.56 Å². The van der Waals surface area contributed by atoms with Crippen LogP contribution in [0.1, 0.15) is 37.0 Å². The van der Waals surface area contributed by atoms with Gasteiger partial charge in [-0.2, -0.15) is 0 Å². The van der Waals surface area contributed by atoms with Gasteiger partial charge in [0, 0.05) is 10.9 Å². The van der Waals surface area contributed by atoms with E-state index in [1.54, 1.807) is 0 Å². The zero-order chi connectivity index (χ0) is 12.3. The highest BCUT2D eigenvalue weighted by Crippen LogP contribution is 2.22. The van der Waals surface area contributed by atoms with E-state index in [0.717, 1.165) is 18.6 Å². The monoisotopic (exact) mass is 290 g/mol. The van der Waals surface area contributed by atoms with Gasteiger partial charge < -0.3 is 0 Å². The molecule has 1 unspecified atom stereocenters. The Labute approximate surface area is 102 Å². The lowest BCUT2D eigenvalue weighted by molar-refractivity contribution is 0.0955. The lowest BCUT2D eigenvalue weighted by Crippen LogP contribution is -2.10. The molecule has 0 aliphatic heterocycles. The molecular weight excluding hydrogens is 278 g/mol. The number of hydrogen-bond acceptors (Lipinski definition) is 1. The molecule has 0 aliphatic carbocycles. The Morgan fingerprint density at radius 3 is 2.31 bits per heavy atom. The Hall–Kier alpha value is -0.770. The Morgan fingerprint density at radius 2 is 1.88 bits per heavy atom. The van der Waals surface area contributed by atoms with Crippen molar-refractivity contribution in [3.05, 3.63) is 33.8 Å². The minimum Gasteiger partial charge on any atom is -0.294 e. The fourth-order valence-electron chi connectivity index (χ4n) is 1.37. The standard InChI is InChI=1S/C12H13BrF2O/c1-3-7(2)4-11(16)12-9(14)5-8(13)6-10(12)15/h5-7H,3-4H2,1-2H3. The predicted octanol–water partition coefficient (Wildman–Crippen LogP) is 4.35. The van der Waals surface area contributed by atoms with Crippen molar-refractivity contribution in [1.29, 1.82) is 0 Å². The summed E-state index contributed by atoms with van der Waals surface area (Å²) in [5, 5.41) is 0. The van der Waals surface area contributed by atoms with E-state index in [-0.39, 0.29) is 12.3 Å². The molecule has 0 aliphatic rings. The zero-order valence-corrected chi connectivity index (χ0v) is 10.8. The third-order valence-corrected chi connectivity index (χ3v) is 2.97. The van der Waals surface area contributed by atoms with Crippen molar-refractivity contribution in [2.45, 2.75) is 26.7 Å². The van der Waals surface area contributed by atoms with E-state index in [1.165, 1.54) is 0 Å². The van der Waals surface area contributed by atoms with E-state index < -0.39 is 23.0 Å². The van der Waals surface area contributed by atoms with Crippen LogP contribution in [0.25, 0.3) is 0 Å². The van der Waals surface area contributed by atoms with Crippen LogP contribution in [0.5, 0.6) is 0 Å². The van der Waals surface area contributed by atoms with Crippen LogP contribution in [0.3, 0.4) is 0 Å². The molecule has 0 heterocycles. The Morgan fingerprint density at radius 1 is 1.38 bits per heavy atom. The number of hydrogen-bond donors (Lipinski definition) is 0. The molecule has 0 saturated carbocycles. The highest BCUT2D eigenvalue weighted by molar-refractivity contribution is 9.10. The summed E-state index contributed by atoms with van der Waals surface area (Å²) in [5.74, 6) is -1.95. The fraction of sp³-hybridized carbons (Fsp3) is 0.417. The molecule has 1 atom stereocenters. The largest absolute Gasteiger partial charge is 0.294 e. The first-order valence-electron chi connectivity index (χ1n) is 5.13. The van der Waals surface area contributed by atoms with Crippen LogP contribution in [0.2, 0.25) is 0 Å². The lowest BCUT2D eigenvalue weighted by Gasteiger charge is -2.09. The van der Waals surface area contributed by atoms with E-state index in [2.05, 4.69) is 15.9 Å². The predicted molar refractivity (Wildman–Crippen MR) is 62.5 cm³/mol. The van der Waals surface area contributed by atoms with Crippen molar-refractivity contribution >= 4 is 21.7 Å².